The number of non-ortho nitro benzene ring substituents is 1. The molecule has 0 saturated carbocycles. The van der Waals surface area contributed by atoms with E-state index in [9.17, 15) is 14.9 Å². The Hall–Kier alpha value is -2.23. The zero-order valence-electron chi connectivity index (χ0n) is 9.95. The highest BCUT2D eigenvalue weighted by Crippen LogP contribution is 2.28. The van der Waals surface area contributed by atoms with Crippen molar-refractivity contribution in [3.8, 4) is 6.07 Å². The third-order valence-electron chi connectivity index (χ3n) is 2.60. The molecule has 1 atom stereocenters. The van der Waals surface area contributed by atoms with E-state index in [1.165, 1.54) is 17.4 Å². The number of ketones is 1. The van der Waals surface area contributed by atoms with Gasteiger partial charge in [0.05, 0.1) is 11.0 Å². The highest BCUT2D eigenvalue weighted by atomic mass is 35.5. The lowest BCUT2D eigenvalue weighted by molar-refractivity contribution is -0.384. The Balaban J connectivity index is 2.43. The van der Waals surface area contributed by atoms with Gasteiger partial charge in [0.1, 0.15) is 5.92 Å². The first kappa shape index (κ1) is 14.2. The molecule has 0 radical (unpaired) electrons. The summed E-state index contributed by atoms with van der Waals surface area (Å²) in [4.78, 5) is 23.0. The average Bonchev–Trinajstić information content (AvgIpc) is 2.92. The minimum Gasteiger partial charge on any atom is -0.292 e. The van der Waals surface area contributed by atoms with Gasteiger partial charge in [0.2, 0.25) is 0 Å². The molecule has 2 rings (SSSR count). The third-order valence-corrected chi connectivity index (χ3v) is 3.75. The summed E-state index contributed by atoms with van der Waals surface area (Å²) in [6.45, 7) is 0. The van der Waals surface area contributed by atoms with E-state index in [2.05, 4.69) is 0 Å². The maximum Gasteiger partial charge on any atom is 0.271 e. The molecule has 0 aliphatic rings. The minimum atomic E-state index is -0.979. The molecular weight excluding hydrogens is 300 g/mol. The fourth-order valence-electron chi connectivity index (χ4n) is 1.70. The lowest BCUT2D eigenvalue weighted by Crippen LogP contribution is -2.10. The van der Waals surface area contributed by atoms with Crippen molar-refractivity contribution in [1.29, 1.82) is 5.26 Å². The largest absolute Gasteiger partial charge is 0.292 e. The number of nitro benzene ring substituents is 1. The molecule has 0 aliphatic heterocycles. The van der Waals surface area contributed by atoms with Crippen LogP contribution in [0.15, 0.2) is 35.7 Å². The van der Waals surface area contributed by atoms with Crippen molar-refractivity contribution in [3.63, 3.8) is 0 Å². The minimum absolute atomic E-state index is 0.0594. The summed E-state index contributed by atoms with van der Waals surface area (Å²) in [5, 5.41) is 21.8. The molecule has 0 spiro atoms. The van der Waals surface area contributed by atoms with Gasteiger partial charge >= 0.3 is 0 Å². The van der Waals surface area contributed by atoms with Crippen molar-refractivity contribution in [3.05, 3.63) is 61.3 Å². The Kier molecular flexibility index (Phi) is 4.13. The van der Waals surface area contributed by atoms with E-state index in [0.717, 1.165) is 12.1 Å². The number of carbonyl (C=O) groups excluding carboxylic acids is 1. The summed E-state index contributed by atoms with van der Waals surface area (Å²) in [6.07, 6.45) is 0. The number of nitrogens with zero attached hydrogens (tertiary/aromatic N) is 2. The predicted molar refractivity (Wildman–Crippen MR) is 75.1 cm³/mol. The Bertz CT molecular complexity index is 707. The second-order valence-corrected chi connectivity index (χ2v) is 5.31. The molecule has 20 heavy (non-hydrogen) atoms. The first-order chi connectivity index (χ1) is 9.52. The van der Waals surface area contributed by atoms with Crippen molar-refractivity contribution >= 4 is 34.4 Å². The highest BCUT2D eigenvalue weighted by Gasteiger charge is 2.24. The van der Waals surface area contributed by atoms with Gasteiger partial charge in [0, 0.05) is 27.6 Å². The number of carbonyl (C=O) groups is 1. The summed E-state index contributed by atoms with van der Waals surface area (Å²) in [5.41, 5.74) is -0.215. The SMILES string of the molecule is N#CC(C(=O)c1cc(Cl)cc([N+](=O)[O-])c1)c1cccs1. The molecular formula is C13H7ClN2O3S. The predicted octanol–water partition coefficient (Wildman–Crippen LogP) is 3.80. The van der Waals surface area contributed by atoms with E-state index in [-0.39, 0.29) is 16.3 Å². The van der Waals surface area contributed by atoms with Gasteiger partial charge < -0.3 is 0 Å². The van der Waals surface area contributed by atoms with Crippen LogP contribution in [0.4, 0.5) is 5.69 Å². The second kappa shape index (κ2) is 5.82. The van der Waals surface area contributed by atoms with E-state index in [1.54, 1.807) is 17.5 Å². The van der Waals surface area contributed by atoms with E-state index in [0.29, 0.717) is 4.88 Å². The Morgan fingerprint density at radius 2 is 2.20 bits per heavy atom. The maximum absolute atomic E-state index is 12.3. The van der Waals surface area contributed by atoms with Crippen LogP contribution < -0.4 is 0 Å². The van der Waals surface area contributed by atoms with Crippen LogP contribution in [-0.4, -0.2) is 10.7 Å². The monoisotopic (exact) mass is 306 g/mol. The summed E-state index contributed by atoms with van der Waals surface area (Å²) in [7, 11) is 0. The quantitative estimate of drug-likeness (QED) is 0.488. The molecule has 1 heterocycles. The van der Waals surface area contributed by atoms with Crippen LogP contribution >= 0.6 is 22.9 Å². The van der Waals surface area contributed by atoms with Gasteiger partial charge in [-0.1, -0.05) is 17.7 Å². The molecule has 0 fully saturated rings. The fraction of sp³-hybridized carbons (Fsp3) is 0.0769. The van der Waals surface area contributed by atoms with Crippen molar-refractivity contribution in [2.45, 2.75) is 5.92 Å². The fourth-order valence-corrected chi connectivity index (χ4v) is 2.69. The molecule has 1 aromatic heterocycles. The van der Waals surface area contributed by atoms with Crippen molar-refractivity contribution in [2.24, 2.45) is 0 Å². The van der Waals surface area contributed by atoms with Crippen LogP contribution in [-0.2, 0) is 0 Å². The van der Waals surface area contributed by atoms with E-state index < -0.39 is 16.6 Å². The number of halogens is 1. The lowest BCUT2D eigenvalue weighted by Gasteiger charge is -2.06. The van der Waals surface area contributed by atoms with Crippen molar-refractivity contribution in [2.75, 3.05) is 0 Å². The Morgan fingerprint density at radius 1 is 1.45 bits per heavy atom. The summed E-state index contributed by atoms with van der Waals surface area (Å²) >= 11 is 7.06. The number of hydrogen-bond donors (Lipinski definition) is 0. The number of rotatable bonds is 4. The number of nitro groups is 1. The molecule has 0 amide bonds. The zero-order chi connectivity index (χ0) is 14.7. The number of hydrogen-bond acceptors (Lipinski definition) is 5. The van der Waals surface area contributed by atoms with Crippen molar-refractivity contribution in [1.82, 2.24) is 0 Å². The average molecular weight is 307 g/mol. The Labute approximate surface area is 123 Å². The molecule has 2 aromatic rings. The topological polar surface area (TPSA) is 84.0 Å². The third kappa shape index (κ3) is 2.85. The standard InChI is InChI=1S/C13H7ClN2O3S/c14-9-4-8(5-10(6-9)16(18)19)13(17)11(7-15)12-2-1-3-20-12/h1-6,11H. The highest BCUT2D eigenvalue weighted by molar-refractivity contribution is 7.10. The Morgan fingerprint density at radius 3 is 2.75 bits per heavy atom. The molecule has 1 unspecified atom stereocenters. The van der Waals surface area contributed by atoms with E-state index in [1.807, 2.05) is 6.07 Å². The molecule has 0 aliphatic carbocycles. The lowest BCUT2D eigenvalue weighted by atomic mass is 9.97. The van der Waals surface area contributed by atoms with Crippen LogP contribution in [0.5, 0.6) is 0 Å². The number of nitriles is 1. The first-order valence-electron chi connectivity index (χ1n) is 5.45. The van der Waals surface area contributed by atoms with Crippen molar-refractivity contribution < 1.29 is 9.72 Å². The molecule has 0 bridgehead atoms. The van der Waals surface area contributed by atoms with Crippen LogP contribution in [0.2, 0.25) is 5.02 Å². The van der Waals surface area contributed by atoms with E-state index in [4.69, 9.17) is 16.9 Å². The first-order valence-corrected chi connectivity index (χ1v) is 6.71. The molecule has 0 N–H and O–H groups in total. The van der Waals surface area contributed by atoms with Crippen LogP contribution in [0.3, 0.4) is 0 Å². The summed E-state index contributed by atoms with van der Waals surface area (Å²) in [5.74, 6) is -1.48. The van der Waals surface area contributed by atoms with Crippen LogP contribution in [0.1, 0.15) is 21.2 Å². The molecule has 7 heteroatoms. The normalized spacial score (nSPS) is 11.6. The molecule has 1 aromatic carbocycles. The molecule has 100 valence electrons. The van der Waals surface area contributed by atoms with Gasteiger partial charge in [-0.3, -0.25) is 14.9 Å². The van der Waals surface area contributed by atoms with E-state index >= 15 is 0 Å². The summed E-state index contributed by atoms with van der Waals surface area (Å²) in [6, 6.07) is 8.95. The number of benzene rings is 1. The zero-order valence-corrected chi connectivity index (χ0v) is 11.5. The molecule has 5 nitrogen and oxygen atoms in total. The van der Waals surface area contributed by atoms with Gasteiger partial charge in [0.25, 0.3) is 5.69 Å². The number of Topliss-reactive ketones (excluding diaryl/α,β-unsaturated/α-hetero) is 1. The van der Waals surface area contributed by atoms with Gasteiger partial charge in [-0.05, 0) is 17.5 Å². The van der Waals surface area contributed by atoms with Gasteiger partial charge in [0.15, 0.2) is 5.78 Å². The summed E-state index contributed by atoms with van der Waals surface area (Å²) < 4.78 is 0. The maximum atomic E-state index is 12.3. The number of thiophene rings is 1. The smallest absolute Gasteiger partial charge is 0.271 e. The van der Waals surface area contributed by atoms with Gasteiger partial charge in [-0.2, -0.15) is 5.26 Å². The van der Waals surface area contributed by atoms with Gasteiger partial charge in [-0.25, -0.2) is 0 Å². The second-order valence-electron chi connectivity index (χ2n) is 3.90. The van der Waals surface area contributed by atoms with Crippen LogP contribution in [0.25, 0.3) is 0 Å². The van der Waals surface area contributed by atoms with Gasteiger partial charge in [-0.15, -0.1) is 11.3 Å². The molecule has 0 saturated heterocycles. The van der Waals surface area contributed by atoms with Crippen LogP contribution in [0, 0.1) is 21.4 Å².